The molecule has 0 fully saturated rings. The first-order valence-electron chi connectivity index (χ1n) is 7.97. The summed E-state index contributed by atoms with van der Waals surface area (Å²) in [4.78, 5) is 14.5. The van der Waals surface area contributed by atoms with Crippen molar-refractivity contribution in [2.75, 3.05) is 18.6 Å². The number of benzene rings is 2. The van der Waals surface area contributed by atoms with E-state index in [1.165, 1.54) is 5.56 Å². The molecule has 2 aromatic carbocycles. The minimum atomic E-state index is -0.237. The van der Waals surface area contributed by atoms with E-state index >= 15 is 0 Å². The van der Waals surface area contributed by atoms with E-state index < -0.39 is 0 Å². The van der Waals surface area contributed by atoms with Gasteiger partial charge in [-0.3, -0.25) is 4.79 Å². The third kappa shape index (κ3) is 3.39. The topological polar surface area (TPSA) is 29.5 Å². The molecule has 0 atom stereocenters. The van der Waals surface area contributed by atoms with Crippen molar-refractivity contribution in [2.45, 2.75) is 19.3 Å². The first-order chi connectivity index (χ1) is 11.8. The molecule has 25 heavy (non-hydrogen) atoms. The van der Waals surface area contributed by atoms with Crippen molar-refractivity contribution in [3.63, 3.8) is 0 Å². The van der Waals surface area contributed by atoms with Gasteiger partial charge in [0.25, 0.3) is 0 Å². The van der Waals surface area contributed by atoms with Crippen molar-refractivity contribution in [2.24, 2.45) is 0 Å². The SMILES string of the molecule is CN1/C(=C\C(=O)COc2ccc(Cl)cc2Cl)C(C)(C)c2ccccc21. The third-order valence-corrected chi connectivity index (χ3v) is 5.03. The van der Waals surface area contributed by atoms with Gasteiger partial charge in [0.2, 0.25) is 0 Å². The third-order valence-electron chi connectivity index (χ3n) is 4.50. The van der Waals surface area contributed by atoms with E-state index in [4.69, 9.17) is 27.9 Å². The molecular formula is C20H19Cl2NO2. The summed E-state index contributed by atoms with van der Waals surface area (Å²) >= 11 is 11.9. The quantitative estimate of drug-likeness (QED) is 0.683. The molecule has 0 aliphatic carbocycles. The molecule has 3 rings (SSSR count). The Morgan fingerprint density at radius 2 is 1.92 bits per heavy atom. The van der Waals surface area contributed by atoms with Gasteiger partial charge in [0, 0.05) is 34.9 Å². The number of hydrogen-bond acceptors (Lipinski definition) is 3. The molecule has 0 amide bonds. The van der Waals surface area contributed by atoms with Crippen LogP contribution in [0.25, 0.3) is 0 Å². The lowest BCUT2D eigenvalue weighted by molar-refractivity contribution is -0.116. The van der Waals surface area contributed by atoms with Gasteiger partial charge in [-0.1, -0.05) is 55.2 Å². The second-order valence-electron chi connectivity index (χ2n) is 6.56. The minimum absolute atomic E-state index is 0.0783. The van der Waals surface area contributed by atoms with Crippen LogP contribution in [0.5, 0.6) is 5.75 Å². The zero-order chi connectivity index (χ0) is 18.2. The van der Waals surface area contributed by atoms with Crippen molar-refractivity contribution in [3.05, 3.63) is 69.8 Å². The number of likely N-dealkylation sites (N-methyl/N-ethyl adjacent to an activating group) is 1. The minimum Gasteiger partial charge on any atom is -0.484 e. The lowest BCUT2D eigenvalue weighted by Gasteiger charge is -2.24. The molecule has 3 nitrogen and oxygen atoms in total. The van der Waals surface area contributed by atoms with Crippen LogP contribution in [0.2, 0.25) is 10.0 Å². The number of rotatable bonds is 4. The summed E-state index contributed by atoms with van der Waals surface area (Å²) in [7, 11) is 1.98. The highest BCUT2D eigenvalue weighted by Gasteiger charge is 2.38. The maximum Gasteiger partial charge on any atom is 0.194 e. The maximum absolute atomic E-state index is 12.4. The van der Waals surface area contributed by atoms with Gasteiger partial charge in [0.1, 0.15) is 5.75 Å². The highest BCUT2D eigenvalue weighted by atomic mass is 35.5. The summed E-state index contributed by atoms with van der Waals surface area (Å²) in [5.74, 6) is 0.328. The van der Waals surface area contributed by atoms with Crippen molar-refractivity contribution in [1.82, 2.24) is 0 Å². The molecule has 2 aromatic rings. The van der Waals surface area contributed by atoms with E-state index in [2.05, 4.69) is 30.9 Å². The molecule has 0 radical (unpaired) electrons. The van der Waals surface area contributed by atoms with E-state index in [1.807, 2.05) is 19.2 Å². The van der Waals surface area contributed by atoms with E-state index in [9.17, 15) is 4.79 Å². The highest BCUT2D eigenvalue weighted by Crippen LogP contribution is 2.46. The maximum atomic E-state index is 12.4. The second-order valence-corrected chi connectivity index (χ2v) is 7.40. The Kier molecular flexibility index (Phi) is 4.81. The summed E-state index contributed by atoms with van der Waals surface area (Å²) in [5, 5.41) is 0.913. The Bertz CT molecular complexity index is 859. The largest absolute Gasteiger partial charge is 0.484 e. The number of halogens is 2. The summed E-state index contributed by atoms with van der Waals surface area (Å²) in [6.07, 6.45) is 1.66. The number of fused-ring (bicyclic) bond motifs is 1. The van der Waals surface area contributed by atoms with Gasteiger partial charge in [-0.25, -0.2) is 0 Å². The summed E-state index contributed by atoms with van der Waals surface area (Å²) in [6.45, 7) is 4.15. The molecule has 1 heterocycles. The average molecular weight is 376 g/mol. The van der Waals surface area contributed by atoms with Gasteiger partial charge in [0.15, 0.2) is 12.4 Å². The zero-order valence-corrected chi connectivity index (χ0v) is 15.9. The first kappa shape index (κ1) is 17.8. The molecule has 1 aliphatic heterocycles. The number of anilines is 1. The molecular weight excluding hydrogens is 357 g/mol. The van der Waals surface area contributed by atoms with Crippen LogP contribution in [-0.4, -0.2) is 19.4 Å². The Morgan fingerprint density at radius 3 is 2.60 bits per heavy atom. The van der Waals surface area contributed by atoms with E-state index in [0.717, 1.165) is 11.4 Å². The molecule has 0 saturated heterocycles. The summed E-state index contributed by atoms with van der Waals surface area (Å²) in [5.41, 5.74) is 3.04. The van der Waals surface area contributed by atoms with Crippen molar-refractivity contribution >= 4 is 34.7 Å². The standard InChI is InChI=1S/C20H19Cl2NO2/c1-20(2)15-6-4-5-7-17(15)23(3)19(20)11-14(24)12-25-18-9-8-13(21)10-16(18)22/h4-11H,12H2,1-3H3/b19-11-. The highest BCUT2D eigenvalue weighted by molar-refractivity contribution is 6.35. The molecule has 0 N–H and O–H groups in total. The average Bonchev–Trinajstić information content (AvgIpc) is 2.75. The van der Waals surface area contributed by atoms with Crippen LogP contribution in [-0.2, 0) is 10.2 Å². The molecule has 0 aromatic heterocycles. The zero-order valence-electron chi connectivity index (χ0n) is 14.3. The first-order valence-corrected chi connectivity index (χ1v) is 8.72. The van der Waals surface area contributed by atoms with E-state index in [-0.39, 0.29) is 17.8 Å². The van der Waals surface area contributed by atoms with Gasteiger partial charge in [-0.15, -0.1) is 0 Å². The van der Waals surface area contributed by atoms with Crippen LogP contribution in [0.15, 0.2) is 54.2 Å². The number of carbonyl (C=O) groups is 1. The van der Waals surface area contributed by atoms with Crippen LogP contribution in [0.3, 0.4) is 0 Å². The number of nitrogens with zero attached hydrogens (tertiary/aromatic N) is 1. The van der Waals surface area contributed by atoms with Crippen LogP contribution < -0.4 is 9.64 Å². The fourth-order valence-electron chi connectivity index (χ4n) is 3.19. The Labute approximate surface area is 157 Å². The number of hydrogen-bond donors (Lipinski definition) is 0. The molecule has 5 heteroatoms. The fraction of sp³-hybridized carbons (Fsp3) is 0.250. The Morgan fingerprint density at radius 1 is 1.20 bits per heavy atom. The van der Waals surface area contributed by atoms with Crippen LogP contribution >= 0.6 is 23.2 Å². The number of carbonyl (C=O) groups excluding carboxylic acids is 1. The molecule has 1 aliphatic rings. The number of ether oxygens (including phenoxy) is 1. The van der Waals surface area contributed by atoms with Crippen LogP contribution in [0.4, 0.5) is 5.69 Å². The summed E-state index contributed by atoms with van der Waals surface area (Å²) < 4.78 is 5.54. The fourth-order valence-corrected chi connectivity index (χ4v) is 3.66. The van der Waals surface area contributed by atoms with Crippen LogP contribution in [0, 0.1) is 0 Å². The molecule has 0 saturated carbocycles. The predicted molar refractivity (Wildman–Crippen MR) is 103 cm³/mol. The number of allylic oxidation sites excluding steroid dienone is 1. The van der Waals surface area contributed by atoms with Gasteiger partial charge < -0.3 is 9.64 Å². The van der Waals surface area contributed by atoms with Crippen molar-refractivity contribution in [3.8, 4) is 5.75 Å². The lowest BCUT2D eigenvalue weighted by atomic mass is 9.83. The van der Waals surface area contributed by atoms with E-state index in [0.29, 0.717) is 15.8 Å². The van der Waals surface area contributed by atoms with Gasteiger partial charge in [0.05, 0.1) is 5.02 Å². The Hall–Kier alpha value is -1.97. The Balaban J connectivity index is 1.78. The van der Waals surface area contributed by atoms with E-state index in [1.54, 1.807) is 24.3 Å². The van der Waals surface area contributed by atoms with Crippen LogP contribution in [0.1, 0.15) is 19.4 Å². The molecule has 130 valence electrons. The molecule has 0 bridgehead atoms. The predicted octanol–water partition coefficient (Wildman–Crippen LogP) is 5.25. The molecule has 0 spiro atoms. The van der Waals surface area contributed by atoms with Crippen molar-refractivity contribution in [1.29, 1.82) is 0 Å². The van der Waals surface area contributed by atoms with Crippen molar-refractivity contribution < 1.29 is 9.53 Å². The smallest absolute Gasteiger partial charge is 0.194 e. The number of ketones is 1. The van der Waals surface area contributed by atoms with Gasteiger partial charge in [-0.05, 0) is 29.8 Å². The van der Waals surface area contributed by atoms with Gasteiger partial charge in [-0.2, -0.15) is 0 Å². The van der Waals surface area contributed by atoms with Gasteiger partial charge >= 0.3 is 0 Å². The lowest BCUT2D eigenvalue weighted by Crippen LogP contribution is -2.25. The normalized spacial score (nSPS) is 16.8. The monoisotopic (exact) mass is 375 g/mol. The second kappa shape index (κ2) is 6.74. The summed E-state index contributed by atoms with van der Waals surface area (Å²) in [6, 6.07) is 13.1. The molecule has 0 unspecified atom stereocenters. The number of para-hydroxylation sites is 1.